The Labute approximate surface area is 93.4 Å². The summed E-state index contributed by atoms with van der Waals surface area (Å²) in [7, 11) is 0. The molecule has 82 valence electrons. The number of nitrogens with one attached hydrogen (secondary N) is 1. The Bertz CT molecular complexity index is 341. The zero-order valence-electron chi connectivity index (χ0n) is 8.47. The molecule has 0 aliphatic rings. The number of benzene rings is 1. The molecule has 1 aromatic carbocycles. The van der Waals surface area contributed by atoms with E-state index in [9.17, 15) is 9.18 Å². The highest BCUT2D eigenvalue weighted by Gasteiger charge is 2.07. The lowest BCUT2D eigenvalue weighted by molar-refractivity contribution is -0.120. The van der Waals surface area contributed by atoms with Crippen LogP contribution < -0.4 is 5.32 Å². The quantitative estimate of drug-likeness (QED) is 0.788. The van der Waals surface area contributed by atoms with E-state index in [1.54, 1.807) is 25.1 Å². The minimum absolute atomic E-state index is 0.0519. The van der Waals surface area contributed by atoms with Crippen LogP contribution in [0.1, 0.15) is 12.5 Å². The summed E-state index contributed by atoms with van der Waals surface area (Å²) >= 11 is 5.67. The van der Waals surface area contributed by atoms with E-state index in [0.717, 1.165) is 0 Å². The minimum Gasteiger partial charge on any atom is -0.354 e. The van der Waals surface area contributed by atoms with Gasteiger partial charge in [0.05, 0.1) is 6.42 Å². The van der Waals surface area contributed by atoms with Gasteiger partial charge in [0.1, 0.15) is 5.82 Å². The maximum atomic E-state index is 13.1. The lowest BCUT2D eigenvalue weighted by atomic mass is 10.1. The summed E-state index contributed by atoms with van der Waals surface area (Å²) in [5.74, 6) is -0.570. The van der Waals surface area contributed by atoms with Crippen LogP contribution in [0.25, 0.3) is 0 Å². The lowest BCUT2D eigenvalue weighted by Gasteiger charge is -2.06. The highest BCUT2D eigenvalue weighted by atomic mass is 35.5. The zero-order chi connectivity index (χ0) is 11.3. The standard InChI is InChI=1S/C11H13ClFNO/c1-8(12)7-14-11(15)6-9-4-2-3-5-10(9)13/h2-5,8H,6-7H2,1H3,(H,14,15). The maximum absolute atomic E-state index is 13.1. The topological polar surface area (TPSA) is 29.1 Å². The monoisotopic (exact) mass is 229 g/mol. The van der Waals surface area contributed by atoms with Gasteiger partial charge in [-0.05, 0) is 18.6 Å². The third kappa shape index (κ3) is 4.30. The molecule has 1 rings (SSSR count). The van der Waals surface area contributed by atoms with Crippen LogP contribution in [0.3, 0.4) is 0 Å². The Balaban J connectivity index is 2.48. The third-order valence-corrected chi connectivity index (χ3v) is 2.04. The van der Waals surface area contributed by atoms with Gasteiger partial charge in [0, 0.05) is 11.9 Å². The van der Waals surface area contributed by atoms with Crippen LogP contribution in [0.15, 0.2) is 24.3 Å². The Morgan fingerprint density at radius 2 is 2.20 bits per heavy atom. The van der Waals surface area contributed by atoms with E-state index < -0.39 is 0 Å². The number of hydrogen-bond donors (Lipinski definition) is 1. The summed E-state index contributed by atoms with van der Waals surface area (Å²) in [6, 6.07) is 6.24. The summed E-state index contributed by atoms with van der Waals surface area (Å²) in [6.07, 6.45) is 0.0519. The number of carbonyl (C=O) groups excluding carboxylic acids is 1. The van der Waals surface area contributed by atoms with Crippen LogP contribution in [-0.4, -0.2) is 17.8 Å². The fraction of sp³-hybridized carbons (Fsp3) is 0.364. The molecule has 0 aliphatic carbocycles. The van der Waals surface area contributed by atoms with Crippen molar-refractivity contribution in [2.45, 2.75) is 18.7 Å². The van der Waals surface area contributed by atoms with E-state index in [1.165, 1.54) is 6.07 Å². The maximum Gasteiger partial charge on any atom is 0.224 e. The van der Waals surface area contributed by atoms with E-state index in [1.807, 2.05) is 0 Å². The van der Waals surface area contributed by atoms with Crippen LogP contribution in [-0.2, 0) is 11.2 Å². The number of halogens is 2. The average Bonchev–Trinajstić information content (AvgIpc) is 2.18. The molecule has 0 spiro atoms. The minimum atomic E-state index is -0.355. The van der Waals surface area contributed by atoms with Gasteiger partial charge in [-0.3, -0.25) is 4.79 Å². The van der Waals surface area contributed by atoms with Crippen molar-refractivity contribution in [1.82, 2.24) is 5.32 Å². The van der Waals surface area contributed by atoms with Crippen LogP contribution >= 0.6 is 11.6 Å². The van der Waals surface area contributed by atoms with Gasteiger partial charge in [0.15, 0.2) is 0 Å². The van der Waals surface area contributed by atoms with Gasteiger partial charge >= 0.3 is 0 Å². The predicted molar refractivity (Wildman–Crippen MR) is 58.4 cm³/mol. The number of alkyl halides is 1. The Morgan fingerprint density at radius 3 is 2.80 bits per heavy atom. The molecule has 1 unspecified atom stereocenters. The van der Waals surface area contributed by atoms with Crippen molar-refractivity contribution in [3.8, 4) is 0 Å². The van der Waals surface area contributed by atoms with E-state index in [0.29, 0.717) is 12.1 Å². The van der Waals surface area contributed by atoms with Gasteiger partial charge in [-0.1, -0.05) is 18.2 Å². The van der Waals surface area contributed by atoms with Crippen LogP contribution in [0, 0.1) is 5.82 Å². The molecule has 0 heterocycles. The van der Waals surface area contributed by atoms with Gasteiger partial charge in [-0.25, -0.2) is 4.39 Å². The zero-order valence-corrected chi connectivity index (χ0v) is 9.22. The van der Waals surface area contributed by atoms with Crippen LogP contribution in [0.4, 0.5) is 4.39 Å². The fourth-order valence-corrected chi connectivity index (χ4v) is 1.21. The lowest BCUT2D eigenvalue weighted by Crippen LogP contribution is -2.30. The summed E-state index contributed by atoms with van der Waals surface area (Å²) in [6.45, 7) is 2.18. The van der Waals surface area contributed by atoms with E-state index in [2.05, 4.69) is 5.32 Å². The first-order chi connectivity index (χ1) is 7.09. The molecule has 2 nitrogen and oxygen atoms in total. The third-order valence-electron chi connectivity index (χ3n) is 1.89. The molecule has 1 aromatic rings. The number of hydrogen-bond acceptors (Lipinski definition) is 1. The molecule has 0 radical (unpaired) electrons. The molecule has 0 saturated heterocycles. The first kappa shape index (κ1) is 12.0. The molecular formula is C11H13ClFNO. The predicted octanol–water partition coefficient (Wildman–Crippen LogP) is 2.11. The molecule has 1 N–H and O–H groups in total. The largest absolute Gasteiger partial charge is 0.354 e. The van der Waals surface area contributed by atoms with Crippen molar-refractivity contribution in [2.24, 2.45) is 0 Å². The van der Waals surface area contributed by atoms with Gasteiger partial charge in [-0.2, -0.15) is 0 Å². The van der Waals surface area contributed by atoms with Crippen molar-refractivity contribution in [2.75, 3.05) is 6.54 Å². The van der Waals surface area contributed by atoms with Crippen molar-refractivity contribution in [3.63, 3.8) is 0 Å². The van der Waals surface area contributed by atoms with Gasteiger partial charge < -0.3 is 5.32 Å². The summed E-state index contributed by atoms with van der Waals surface area (Å²) < 4.78 is 13.1. The smallest absolute Gasteiger partial charge is 0.224 e. The number of amides is 1. The van der Waals surface area contributed by atoms with Crippen LogP contribution in [0.2, 0.25) is 0 Å². The molecule has 1 atom stereocenters. The molecule has 0 saturated carbocycles. The second-order valence-electron chi connectivity index (χ2n) is 3.35. The highest BCUT2D eigenvalue weighted by molar-refractivity contribution is 6.20. The normalized spacial score (nSPS) is 12.2. The average molecular weight is 230 g/mol. The molecule has 0 aliphatic heterocycles. The second-order valence-corrected chi connectivity index (χ2v) is 4.10. The summed E-state index contributed by atoms with van der Waals surface area (Å²) in [5.41, 5.74) is 0.400. The van der Waals surface area contributed by atoms with Gasteiger partial charge in [0.25, 0.3) is 0 Å². The number of carbonyl (C=O) groups is 1. The Hall–Kier alpha value is -1.09. The Kier molecular flexibility index (Phi) is 4.56. The fourth-order valence-electron chi connectivity index (χ4n) is 1.13. The number of rotatable bonds is 4. The summed E-state index contributed by atoms with van der Waals surface area (Å²) in [4.78, 5) is 11.3. The SMILES string of the molecule is CC(Cl)CNC(=O)Cc1ccccc1F. The van der Waals surface area contributed by atoms with E-state index in [4.69, 9.17) is 11.6 Å². The van der Waals surface area contributed by atoms with Crippen molar-refractivity contribution < 1.29 is 9.18 Å². The Morgan fingerprint density at radius 1 is 1.53 bits per heavy atom. The molecule has 0 fully saturated rings. The van der Waals surface area contributed by atoms with Crippen molar-refractivity contribution in [3.05, 3.63) is 35.6 Å². The van der Waals surface area contributed by atoms with Crippen molar-refractivity contribution >= 4 is 17.5 Å². The van der Waals surface area contributed by atoms with E-state index in [-0.39, 0.29) is 23.5 Å². The van der Waals surface area contributed by atoms with E-state index >= 15 is 0 Å². The second kappa shape index (κ2) is 5.71. The first-order valence-electron chi connectivity index (χ1n) is 4.73. The molecule has 1 amide bonds. The molecule has 0 bridgehead atoms. The van der Waals surface area contributed by atoms with Crippen molar-refractivity contribution in [1.29, 1.82) is 0 Å². The van der Waals surface area contributed by atoms with Crippen LogP contribution in [0.5, 0.6) is 0 Å². The molecule has 4 heteroatoms. The molecular weight excluding hydrogens is 217 g/mol. The summed E-state index contributed by atoms with van der Waals surface area (Å²) in [5, 5.41) is 2.50. The van der Waals surface area contributed by atoms with Gasteiger partial charge in [-0.15, -0.1) is 11.6 Å². The first-order valence-corrected chi connectivity index (χ1v) is 5.17. The highest BCUT2D eigenvalue weighted by Crippen LogP contribution is 2.06. The molecule has 0 aromatic heterocycles. The van der Waals surface area contributed by atoms with Gasteiger partial charge in [0.2, 0.25) is 5.91 Å². The molecule has 15 heavy (non-hydrogen) atoms.